The highest BCUT2D eigenvalue weighted by molar-refractivity contribution is 14.0. The minimum Gasteiger partial charge on any atom is -0.496 e. The molecule has 0 saturated carbocycles. The summed E-state index contributed by atoms with van der Waals surface area (Å²) in [5, 5.41) is 6.66. The molecule has 2 saturated heterocycles. The Bertz CT molecular complexity index is 799. The highest BCUT2D eigenvalue weighted by atomic mass is 127. The molecule has 10 heteroatoms. The molecule has 0 amide bonds. The number of nitrogens with one attached hydrogen (secondary N) is 2. The van der Waals surface area contributed by atoms with Crippen molar-refractivity contribution < 1.29 is 13.2 Å². The van der Waals surface area contributed by atoms with Crippen molar-refractivity contribution in [3.63, 3.8) is 0 Å². The standard InChI is InChI=1S/C20H33N5O3S.HI/c1-21-20(22-10-14-25-13-7-15-29(25,26)27)23-16-18(24-11-5-6-12-24)17-8-3-4-9-19(17)28-2;/h3-4,8-9,18H,5-7,10-16H2,1-2H3,(H2,21,22,23);1H. The molecule has 1 aromatic carbocycles. The topological polar surface area (TPSA) is 86.3 Å². The normalized spacial score (nSPS) is 20.5. The zero-order valence-corrected chi connectivity index (χ0v) is 21.0. The van der Waals surface area contributed by atoms with E-state index in [1.165, 1.54) is 18.4 Å². The molecule has 8 nitrogen and oxygen atoms in total. The quantitative estimate of drug-likeness (QED) is 0.291. The van der Waals surface area contributed by atoms with Crippen LogP contribution >= 0.6 is 24.0 Å². The number of aliphatic imine (C=N–C) groups is 1. The van der Waals surface area contributed by atoms with Gasteiger partial charge in [-0.25, -0.2) is 12.7 Å². The molecule has 2 aliphatic heterocycles. The summed E-state index contributed by atoms with van der Waals surface area (Å²) in [5.74, 6) is 1.84. The van der Waals surface area contributed by atoms with E-state index >= 15 is 0 Å². The molecule has 0 aliphatic carbocycles. The second kappa shape index (κ2) is 12.1. The van der Waals surface area contributed by atoms with Gasteiger partial charge in [0.1, 0.15) is 5.75 Å². The van der Waals surface area contributed by atoms with E-state index in [1.807, 2.05) is 18.2 Å². The number of para-hydroxylation sites is 1. The van der Waals surface area contributed by atoms with Crippen LogP contribution in [0.5, 0.6) is 5.75 Å². The Morgan fingerprint density at radius 2 is 1.90 bits per heavy atom. The van der Waals surface area contributed by atoms with E-state index in [4.69, 9.17) is 4.74 Å². The van der Waals surface area contributed by atoms with Gasteiger partial charge in [0.15, 0.2) is 5.96 Å². The number of hydrogen-bond donors (Lipinski definition) is 2. The lowest BCUT2D eigenvalue weighted by atomic mass is 10.0. The summed E-state index contributed by atoms with van der Waals surface area (Å²) >= 11 is 0. The van der Waals surface area contributed by atoms with Crippen LogP contribution < -0.4 is 15.4 Å². The molecule has 0 radical (unpaired) electrons. The molecule has 170 valence electrons. The van der Waals surface area contributed by atoms with Crippen LogP contribution in [-0.2, 0) is 10.0 Å². The summed E-state index contributed by atoms with van der Waals surface area (Å²) < 4.78 is 31.0. The summed E-state index contributed by atoms with van der Waals surface area (Å²) in [4.78, 5) is 6.78. The highest BCUT2D eigenvalue weighted by Crippen LogP contribution is 2.31. The van der Waals surface area contributed by atoms with Gasteiger partial charge in [-0.15, -0.1) is 24.0 Å². The van der Waals surface area contributed by atoms with E-state index in [1.54, 1.807) is 18.5 Å². The summed E-state index contributed by atoms with van der Waals surface area (Å²) in [6, 6.07) is 8.35. The van der Waals surface area contributed by atoms with Crippen LogP contribution in [0.4, 0.5) is 0 Å². The first-order valence-corrected chi connectivity index (χ1v) is 12.0. The van der Waals surface area contributed by atoms with Crippen LogP contribution in [0.2, 0.25) is 0 Å². The van der Waals surface area contributed by atoms with Crippen LogP contribution in [0.3, 0.4) is 0 Å². The Labute approximate surface area is 197 Å². The molecular weight excluding hydrogens is 517 g/mol. The van der Waals surface area contributed by atoms with Gasteiger partial charge >= 0.3 is 0 Å². The zero-order valence-electron chi connectivity index (χ0n) is 17.8. The molecule has 3 rings (SSSR count). The first-order valence-electron chi connectivity index (χ1n) is 10.3. The van der Waals surface area contributed by atoms with Crippen LogP contribution in [0, 0.1) is 0 Å². The van der Waals surface area contributed by atoms with Gasteiger partial charge in [0.05, 0.1) is 18.9 Å². The number of likely N-dealkylation sites (tertiary alicyclic amines) is 1. The number of nitrogens with zero attached hydrogens (tertiary/aromatic N) is 3. The Morgan fingerprint density at radius 3 is 2.53 bits per heavy atom. The third kappa shape index (κ3) is 6.44. The molecule has 0 aromatic heterocycles. The van der Waals surface area contributed by atoms with Crippen molar-refractivity contribution in [2.45, 2.75) is 25.3 Å². The maximum atomic E-state index is 11.9. The van der Waals surface area contributed by atoms with E-state index in [2.05, 4.69) is 26.6 Å². The molecule has 2 N–H and O–H groups in total. The Balaban J connectivity index is 0.00000320. The number of sulfonamides is 1. The average molecular weight is 551 g/mol. The number of methoxy groups -OCH3 is 1. The maximum Gasteiger partial charge on any atom is 0.214 e. The second-order valence-electron chi connectivity index (χ2n) is 7.45. The summed E-state index contributed by atoms with van der Waals surface area (Å²) in [6.45, 7) is 4.45. The number of hydrogen-bond acceptors (Lipinski definition) is 5. The minimum absolute atomic E-state index is 0. The van der Waals surface area contributed by atoms with E-state index in [0.29, 0.717) is 38.6 Å². The number of halogens is 1. The van der Waals surface area contributed by atoms with Crippen molar-refractivity contribution in [3.05, 3.63) is 29.8 Å². The lowest BCUT2D eigenvalue weighted by Gasteiger charge is -2.30. The molecule has 30 heavy (non-hydrogen) atoms. The SMILES string of the molecule is CN=C(NCCN1CCCS1(=O)=O)NCC(c1ccccc1OC)N1CCCC1.I. The van der Waals surface area contributed by atoms with Crippen molar-refractivity contribution >= 4 is 40.0 Å². The molecule has 2 aliphatic rings. The van der Waals surface area contributed by atoms with E-state index in [9.17, 15) is 8.42 Å². The minimum atomic E-state index is -3.06. The van der Waals surface area contributed by atoms with Gasteiger partial charge in [-0.1, -0.05) is 18.2 Å². The molecular formula is C20H34IN5O3S. The fourth-order valence-corrected chi connectivity index (χ4v) is 5.61. The van der Waals surface area contributed by atoms with Crippen molar-refractivity contribution in [1.29, 1.82) is 0 Å². The largest absolute Gasteiger partial charge is 0.496 e. The van der Waals surface area contributed by atoms with Crippen molar-refractivity contribution in [2.24, 2.45) is 4.99 Å². The predicted octanol–water partition coefficient (Wildman–Crippen LogP) is 1.65. The van der Waals surface area contributed by atoms with Crippen LogP contribution in [0.1, 0.15) is 30.9 Å². The summed E-state index contributed by atoms with van der Waals surface area (Å²) in [7, 11) is 0.381. The van der Waals surface area contributed by atoms with Crippen molar-refractivity contribution in [2.75, 3.05) is 59.2 Å². The second-order valence-corrected chi connectivity index (χ2v) is 9.54. The molecule has 1 atom stereocenters. The molecule has 1 unspecified atom stereocenters. The number of rotatable bonds is 8. The first-order chi connectivity index (χ1) is 14.0. The maximum absolute atomic E-state index is 11.9. The summed E-state index contributed by atoms with van der Waals surface area (Å²) in [6.07, 6.45) is 3.14. The predicted molar refractivity (Wildman–Crippen MR) is 131 cm³/mol. The first kappa shape index (κ1) is 25.2. The Morgan fingerprint density at radius 1 is 1.17 bits per heavy atom. The number of guanidine groups is 1. The Kier molecular flexibility index (Phi) is 10.1. The molecule has 2 fully saturated rings. The third-order valence-corrected chi connectivity index (χ3v) is 7.58. The van der Waals surface area contributed by atoms with Gasteiger partial charge in [0.25, 0.3) is 0 Å². The van der Waals surface area contributed by atoms with Crippen LogP contribution in [-0.4, -0.2) is 82.8 Å². The zero-order chi connectivity index (χ0) is 20.7. The lowest BCUT2D eigenvalue weighted by molar-refractivity contribution is 0.239. The summed E-state index contributed by atoms with van der Waals surface area (Å²) in [5.41, 5.74) is 1.17. The number of ether oxygens (including phenoxy) is 1. The van der Waals surface area contributed by atoms with Crippen LogP contribution in [0.15, 0.2) is 29.3 Å². The van der Waals surface area contributed by atoms with Gasteiger partial charge < -0.3 is 15.4 Å². The molecule has 1 aromatic rings. The van der Waals surface area contributed by atoms with Crippen molar-refractivity contribution in [1.82, 2.24) is 19.8 Å². The molecule has 2 heterocycles. The van der Waals surface area contributed by atoms with Gasteiger partial charge in [0.2, 0.25) is 10.0 Å². The third-order valence-electron chi connectivity index (χ3n) is 5.62. The lowest BCUT2D eigenvalue weighted by Crippen LogP contribution is -2.45. The van der Waals surface area contributed by atoms with E-state index < -0.39 is 10.0 Å². The number of benzene rings is 1. The average Bonchev–Trinajstić information content (AvgIpc) is 3.37. The van der Waals surface area contributed by atoms with E-state index in [-0.39, 0.29) is 35.8 Å². The fourth-order valence-electron chi connectivity index (χ4n) is 4.09. The van der Waals surface area contributed by atoms with Gasteiger partial charge in [-0.05, 0) is 38.4 Å². The highest BCUT2D eigenvalue weighted by Gasteiger charge is 2.28. The molecule has 0 spiro atoms. The van der Waals surface area contributed by atoms with Crippen molar-refractivity contribution in [3.8, 4) is 5.75 Å². The van der Waals surface area contributed by atoms with Gasteiger partial charge in [-0.3, -0.25) is 9.89 Å². The monoisotopic (exact) mass is 551 g/mol. The van der Waals surface area contributed by atoms with E-state index in [0.717, 1.165) is 18.8 Å². The van der Waals surface area contributed by atoms with Gasteiger partial charge in [-0.2, -0.15) is 0 Å². The molecule has 0 bridgehead atoms. The van der Waals surface area contributed by atoms with Gasteiger partial charge in [0, 0.05) is 38.8 Å². The fraction of sp³-hybridized carbons (Fsp3) is 0.650. The smallest absolute Gasteiger partial charge is 0.214 e. The Hall–Kier alpha value is -1.11. The van der Waals surface area contributed by atoms with Crippen LogP contribution in [0.25, 0.3) is 0 Å².